The molecule has 2 aromatic heterocycles. The lowest BCUT2D eigenvalue weighted by Crippen LogP contribution is -2.52. The van der Waals surface area contributed by atoms with E-state index >= 15 is 0 Å². The number of halogens is 4. The van der Waals surface area contributed by atoms with E-state index in [9.17, 15) is 23.1 Å². The van der Waals surface area contributed by atoms with Crippen molar-refractivity contribution in [1.82, 2.24) is 19.9 Å². The maximum atomic E-state index is 13.4. The van der Waals surface area contributed by atoms with Crippen molar-refractivity contribution in [2.45, 2.75) is 18.3 Å². The van der Waals surface area contributed by atoms with Crippen LogP contribution >= 0.6 is 11.6 Å². The highest BCUT2D eigenvalue weighted by Crippen LogP contribution is 2.37. The van der Waals surface area contributed by atoms with Crippen LogP contribution < -0.4 is 11.1 Å². The average Bonchev–Trinajstić information content (AvgIpc) is 2.71. The summed E-state index contributed by atoms with van der Waals surface area (Å²) in [5.41, 5.74) is 5.40. The number of aromatic nitrogens is 3. The van der Waals surface area contributed by atoms with Gasteiger partial charge in [-0.05, 0) is 23.8 Å². The molecule has 1 fully saturated rings. The fourth-order valence-electron chi connectivity index (χ4n) is 3.59. The Balaban J connectivity index is 1.74. The Labute approximate surface area is 185 Å². The molecule has 3 aromatic rings. The molecule has 0 aliphatic carbocycles. The third-order valence-corrected chi connectivity index (χ3v) is 5.51. The second-order valence-electron chi connectivity index (χ2n) is 7.45. The van der Waals surface area contributed by atoms with Gasteiger partial charge in [-0.15, -0.1) is 0 Å². The van der Waals surface area contributed by atoms with Crippen molar-refractivity contribution in [1.29, 1.82) is 0 Å². The van der Waals surface area contributed by atoms with E-state index in [0.717, 1.165) is 6.07 Å². The van der Waals surface area contributed by atoms with Crippen molar-refractivity contribution in [2.75, 3.05) is 25.0 Å². The summed E-state index contributed by atoms with van der Waals surface area (Å²) >= 11 is 5.78. The minimum Gasteiger partial charge on any atom is -0.390 e. The number of aliphatic hydroxyl groups excluding tert-OH is 1. The molecule has 12 heteroatoms. The summed E-state index contributed by atoms with van der Waals surface area (Å²) in [6.07, 6.45) is -2.51. The first kappa shape index (κ1) is 22.2. The molecule has 1 aromatic carbocycles. The highest BCUT2D eigenvalue weighted by molar-refractivity contribution is 6.31. The number of hydrogen-bond donors (Lipinski definition) is 3. The van der Waals surface area contributed by atoms with Gasteiger partial charge in [-0.3, -0.25) is 14.7 Å². The maximum Gasteiger partial charge on any atom is 0.417 e. The van der Waals surface area contributed by atoms with Crippen molar-refractivity contribution in [2.24, 2.45) is 5.73 Å². The predicted molar refractivity (Wildman–Crippen MR) is 111 cm³/mol. The van der Waals surface area contributed by atoms with E-state index in [2.05, 4.69) is 20.3 Å². The van der Waals surface area contributed by atoms with Gasteiger partial charge in [-0.25, -0.2) is 9.97 Å². The minimum absolute atomic E-state index is 0.147. The third-order valence-electron chi connectivity index (χ3n) is 5.18. The summed E-state index contributed by atoms with van der Waals surface area (Å²) in [5.74, 6) is -0.464. The van der Waals surface area contributed by atoms with Gasteiger partial charge < -0.3 is 16.2 Å². The zero-order valence-corrected chi connectivity index (χ0v) is 17.2. The lowest BCUT2D eigenvalue weighted by atomic mass is 10.0. The first-order valence-corrected chi connectivity index (χ1v) is 9.94. The normalized spacial score (nSPS) is 16.0. The van der Waals surface area contributed by atoms with E-state index < -0.39 is 34.8 Å². The number of carbonyl (C=O) groups is 1. The number of carbonyl (C=O) groups excluding carboxylic acids is 1. The van der Waals surface area contributed by atoms with E-state index in [1.807, 2.05) is 4.90 Å². The molecule has 1 unspecified atom stereocenters. The molecule has 0 spiro atoms. The molecule has 1 aliphatic rings. The van der Waals surface area contributed by atoms with Gasteiger partial charge in [0.1, 0.15) is 17.4 Å². The first-order valence-electron chi connectivity index (χ1n) is 9.56. The van der Waals surface area contributed by atoms with Crippen LogP contribution in [0.5, 0.6) is 0 Å². The highest BCUT2D eigenvalue weighted by atomic mass is 35.5. The molecule has 4 rings (SSSR count). The number of nitrogens with zero attached hydrogens (tertiary/aromatic N) is 4. The van der Waals surface area contributed by atoms with E-state index in [-0.39, 0.29) is 29.0 Å². The number of amides is 1. The average molecular weight is 467 g/mol. The predicted octanol–water partition coefficient (Wildman–Crippen LogP) is 2.63. The zero-order chi connectivity index (χ0) is 23.0. The first-order chi connectivity index (χ1) is 15.1. The molecular formula is C20H18ClF3N6O2. The molecule has 32 heavy (non-hydrogen) atoms. The standard InChI is InChI=1S/C20H18ClF3N6O2/c21-14-2-1-10(5-13(14)20(22,23)24)15(8-30-6-11(31)7-30)29-19-17-16(27-9-28-19)12(18(25)32)3-4-26-17/h1-5,9,11,15,31H,6-8H2,(H2,25,32)(H,27,28,29). The second-order valence-corrected chi connectivity index (χ2v) is 7.86. The van der Waals surface area contributed by atoms with Crippen LogP contribution in [0.1, 0.15) is 27.5 Å². The number of hydrogen-bond acceptors (Lipinski definition) is 7. The van der Waals surface area contributed by atoms with Crippen LogP contribution in [-0.2, 0) is 6.18 Å². The van der Waals surface area contributed by atoms with Crippen molar-refractivity contribution < 1.29 is 23.1 Å². The Morgan fingerprint density at radius 1 is 1.25 bits per heavy atom. The number of pyridine rings is 1. The summed E-state index contributed by atoms with van der Waals surface area (Å²) < 4.78 is 40.2. The van der Waals surface area contributed by atoms with Crippen molar-refractivity contribution >= 4 is 34.4 Å². The molecule has 1 amide bonds. The second kappa shape index (κ2) is 8.49. The Hall–Kier alpha value is -3.02. The smallest absolute Gasteiger partial charge is 0.390 e. The number of aliphatic hydroxyl groups is 1. The Kier molecular flexibility index (Phi) is 5.89. The fraction of sp³-hybridized carbons (Fsp3) is 0.300. The molecule has 1 saturated heterocycles. The number of benzene rings is 1. The van der Waals surface area contributed by atoms with Gasteiger partial charge in [0, 0.05) is 25.8 Å². The lowest BCUT2D eigenvalue weighted by Gasteiger charge is -2.38. The van der Waals surface area contributed by atoms with E-state index in [1.165, 1.54) is 30.7 Å². The number of alkyl halides is 3. The largest absolute Gasteiger partial charge is 0.417 e. The molecule has 168 valence electrons. The Bertz CT molecular complexity index is 1170. The number of rotatable bonds is 6. The van der Waals surface area contributed by atoms with Crippen LogP contribution in [0.2, 0.25) is 5.02 Å². The number of nitrogens with two attached hydrogens (primary N) is 1. The quantitative estimate of drug-likeness (QED) is 0.511. The van der Waals surface area contributed by atoms with E-state index in [1.54, 1.807) is 0 Å². The topological polar surface area (TPSA) is 117 Å². The highest BCUT2D eigenvalue weighted by Gasteiger charge is 2.35. The summed E-state index contributed by atoms with van der Waals surface area (Å²) in [4.78, 5) is 26.1. The molecule has 3 heterocycles. The van der Waals surface area contributed by atoms with Gasteiger partial charge in [0.15, 0.2) is 5.82 Å². The number of fused-ring (bicyclic) bond motifs is 1. The van der Waals surface area contributed by atoms with Crippen LogP contribution in [0, 0.1) is 0 Å². The van der Waals surface area contributed by atoms with Crippen LogP contribution in [0.3, 0.4) is 0 Å². The van der Waals surface area contributed by atoms with Gasteiger partial charge in [0.2, 0.25) is 0 Å². The fourth-order valence-corrected chi connectivity index (χ4v) is 3.82. The van der Waals surface area contributed by atoms with Crippen molar-refractivity contribution in [3.63, 3.8) is 0 Å². The zero-order valence-electron chi connectivity index (χ0n) is 16.5. The Morgan fingerprint density at radius 2 is 2.00 bits per heavy atom. The summed E-state index contributed by atoms with van der Waals surface area (Å²) in [6, 6.07) is 4.45. The Morgan fingerprint density at radius 3 is 2.66 bits per heavy atom. The molecule has 0 saturated carbocycles. The SMILES string of the molecule is NC(=O)c1ccnc2c(NC(CN3CC(O)C3)c3ccc(Cl)c(C(F)(F)F)c3)ncnc12. The summed E-state index contributed by atoms with van der Waals surface area (Å²) in [6.45, 7) is 1.08. The van der Waals surface area contributed by atoms with Crippen molar-refractivity contribution in [3.05, 3.63) is 58.5 Å². The summed E-state index contributed by atoms with van der Waals surface area (Å²) in [7, 11) is 0. The number of primary amides is 1. The van der Waals surface area contributed by atoms with E-state index in [0.29, 0.717) is 18.7 Å². The maximum absolute atomic E-state index is 13.4. The van der Waals surface area contributed by atoms with Gasteiger partial charge in [-0.2, -0.15) is 13.2 Å². The molecular weight excluding hydrogens is 449 g/mol. The van der Waals surface area contributed by atoms with Crippen LogP contribution in [-0.4, -0.2) is 56.6 Å². The van der Waals surface area contributed by atoms with Gasteiger partial charge in [-0.1, -0.05) is 17.7 Å². The molecule has 1 atom stereocenters. The van der Waals surface area contributed by atoms with Crippen LogP contribution in [0.4, 0.5) is 19.0 Å². The van der Waals surface area contributed by atoms with Gasteiger partial charge in [0.05, 0.1) is 28.3 Å². The minimum atomic E-state index is -4.62. The summed E-state index contributed by atoms with van der Waals surface area (Å²) in [5, 5.41) is 12.3. The third kappa shape index (κ3) is 4.45. The van der Waals surface area contributed by atoms with E-state index in [4.69, 9.17) is 17.3 Å². The number of β-amino-alcohol motifs (C(OH)–C–C–N with tert-alkyl or cyclic N) is 1. The van der Waals surface area contributed by atoms with Gasteiger partial charge >= 0.3 is 6.18 Å². The van der Waals surface area contributed by atoms with Gasteiger partial charge in [0.25, 0.3) is 5.91 Å². The number of anilines is 1. The number of nitrogens with one attached hydrogen (secondary N) is 1. The molecule has 1 aliphatic heterocycles. The number of likely N-dealkylation sites (tertiary alicyclic amines) is 1. The molecule has 0 radical (unpaired) electrons. The van der Waals surface area contributed by atoms with Crippen LogP contribution in [0.15, 0.2) is 36.8 Å². The molecule has 8 nitrogen and oxygen atoms in total. The van der Waals surface area contributed by atoms with Crippen molar-refractivity contribution in [3.8, 4) is 0 Å². The molecule has 0 bridgehead atoms. The lowest BCUT2D eigenvalue weighted by molar-refractivity contribution is -0.137. The van der Waals surface area contributed by atoms with Crippen LogP contribution in [0.25, 0.3) is 11.0 Å². The monoisotopic (exact) mass is 466 g/mol. The molecule has 4 N–H and O–H groups in total.